The summed E-state index contributed by atoms with van der Waals surface area (Å²) in [4.78, 5) is 15.9. The molecule has 0 radical (unpaired) electrons. The predicted molar refractivity (Wildman–Crippen MR) is 54.1 cm³/mol. The summed E-state index contributed by atoms with van der Waals surface area (Å²) in [6.07, 6.45) is 3.93. The monoisotopic (exact) mass is 205 g/mol. The van der Waals surface area contributed by atoms with Gasteiger partial charge in [0, 0.05) is 0 Å². The van der Waals surface area contributed by atoms with Crippen molar-refractivity contribution in [3.05, 3.63) is 42.2 Å². The Morgan fingerprint density at radius 2 is 2.13 bits per heavy atom. The molecule has 0 bridgehead atoms. The average molecular weight is 205 g/mol. The first-order valence-electron chi connectivity index (χ1n) is 4.52. The first kappa shape index (κ1) is 9.73. The normalized spacial score (nSPS) is 23.5. The highest BCUT2D eigenvalue weighted by molar-refractivity contribution is 5.71. The molecule has 15 heavy (non-hydrogen) atoms. The molecule has 4 heteroatoms. The number of benzene rings is 1. The maximum Gasteiger partial charge on any atom is 0.155 e. The number of hydroxylamine groups is 1. The molecule has 2 rings (SSSR count). The first-order valence-corrected chi connectivity index (χ1v) is 4.52. The Hall–Kier alpha value is -1.81. The van der Waals surface area contributed by atoms with E-state index in [0.717, 1.165) is 17.6 Å². The van der Waals surface area contributed by atoms with Gasteiger partial charge in [0.25, 0.3) is 0 Å². The minimum atomic E-state index is -0.869. The van der Waals surface area contributed by atoms with E-state index in [-0.39, 0.29) is 0 Å². The van der Waals surface area contributed by atoms with Crippen LogP contribution in [0.1, 0.15) is 5.56 Å². The van der Waals surface area contributed by atoms with Crippen LogP contribution < -0.4 is 10.2 Å². The summed E-state index contributed by atoms with van der Waals surface area (Å²) in [5, 5.41) is 0. The van der Waals surface area contributed by atoms with Gasteiger partial charge in [-0.1, -0.05) is 12.1 Å². The van der Waals surface area contributed by atoms with Gasteiger partial charge in [-0.3, -0.25) is 0 Å². The summed E-state index contributed by atoms with van der Waals surface area (Å²) in [5.74, 6) is 0.752. The minimum absolute atomic E-state index is 0.752. The van der Waals surface area contributed by atoms with Crippen molar-refractivity contribution in [1.82, 2.24) is 5.48 Å². The summed E-state index contributed by atoms with van der Waals surface area (Å²) >= 11 is 0. The van der Waals surface area contributed by atoms with E-state index >= 15 is 0 Å². The Morgan fingerprint density at radius 3 is 2.60 bits per heavy atom. The molecule has 1 unspecified atom stereocenters. The Morgan fingerprint density at radius 1 is 1.40 bits per heavy atom. The van der Waals surface area contributed by atoms with E-state index in [1.807, 2.05) is 12.1 Å². The lowest BCUT2D eigenvalue weighted by atomic mass is 9.93. The first-order chi connectivity index (χ1) is 7.30. The van der Waals surface area contributed by atoms with Crippen molar-refractivity contribution in [2.24, 2.45) is 0 Å². The van der Waals surface area contributed by atoms with Crippen molar-refractivity contribution < 1.29 is 14.4 Å². The molecule has 0 amide bonds. The molecule has 1 aliphatic rings. The van der Waals surface area contributed by atoms with Gasteiger partial charge in [-0.05, 0) is 23.8 Å². The molecular weight excluding hydrogens is 194 g/mol. The molecule has 1 aliphatic heterocycles. The van der Waals surface area contributed by atoms with Crippen molar-refractivity contribution in [1.29, 1.82) is 0 Å². The van der Waals surface area contributed by atoms with E-state index in [4.69, 9.17) is 9.57 Å². The molecule has 0 spiro atoms. The SMILES string of the molecule is COc1ccc(C2(C=O)C=CON2)cc1. The smallest absolute Gasteiger partial charge is 0.155 e. The fourth-order valence-electron chi connectivity index (χ4n) is 1.46. The number of ether oxygens (including phenoxy) is 1. The van der Waals surface area contributed by atoms with Gasteiger partial charge >= 0.3 is 0 Å². The van der Waals surface area contributed by atoms with Gasteiger partial charge in [0.2, 0.25) is 0 Å². The molecule has 1 heterocycles. The van der Waals surface area contributed by atoms with Crippen LogP contribution in [0.25, 0.3) is 0 Å². The largest absolute Gasteiger partial charge is 0.497 e. The Balaban J connectivity index is 2.35. The van der Waals surface area contributed by atoms with Crippen molar-refractivity contribution in [3.63, 3.8) is 0 Å². The highest BCUT2D eigenvalue weighted by atomic mass is 16.6. The minimum Gasteiger partial charge on any atom is -0.497 e. The van der Waals surface area contributed by atoms with Gasteiger partial charge in [-0.2, -0.15) is 0 Å². The molecule has 0 fully saturated rings. The third-order valence-electron chi connectivity index (χ3n) is 2.38. The topological polar surface area (TPSA) is 47.6 Å². The Kier molecular flexibility index (Phi) is 2.43. The summed E-state index contributed by atoms with van der Waals surface area (Å²) in [6, 6.07) is 7.24. The molecule has 0 aromatic heterocycles. The van der Waals surface area contributed by atoms with Crippen LogP contribution in [0.2, 0.25) is 0 Å². The molecule has 78 valence electrons. The lowest BCUT2D eigenvalue weighted by molar-refractivity contribution is -0.114. The van der Waals surface area contributed by atoms with Crippen LogP contribution in [0.5, 0.6) is 5.75 Å². The van der Waals surface area contributed by atoms with Crippen LogP contribution in [-0.2, 0) is 15.2 Å². The van der Waals surface area contributed by atoms with Crippen molar-refractivity contribution in [2.75, 3.05) is 7.11 Å². The summed E-state index contributed by atoms with van der Waals surface area (Å²) < 4.78 is 5.04. The fourth-order valence-corrected chi connectivity index (χ4v) is 1.46. The van der Waals surface area contributed by atoms with Crippen LogP contribution >= 0.6 is 0 Å². The number of hydrogen-bond acceptors (Lipinski definition) is 4. The number of aldehydes is 1. The second kappa shape index (κ2) is 3.74. The zero-order valence-electron chi connectivity index (χ0n) is 8.27. The zero-order valence-corrected chi connectivity index (χ0v) is 8.27. The van der Waals surface area contributed by atoms with E-state index in [9.17, 15) is 4.79 Å². The van der Waals surface area contributed by atoms with Gasteiger partial charge in [-0.25, -0.2) is 0 Å². The summed E-state index contributed by atoms with van der Waals surface area (Å²) in [7, 11) is 1.60. The zero-order chi connectivity index (χ0) is 10.7. The van der Waals surface area contributed by atoms with Crippen molar-refractivity contribution in [2.45, 2.75) is 5.54 Å². The van der Waals surface area contributed by atoms with Gasteiger partial charge in [0.15, 0.2) is 11.8 Å². The number of carbonyl (C=O) groups is 1. The molecule has 1 N–H and O–H groups in total. The summed E-state index contributed by atoms with van der Waals surface area (Å²) in [6.45, 7) is 0. The Labute approximate surface area is 87.5 Å². The van der Waals surface area contributed by atoms with Crippen LogP contribution in [0, 0.1) is 0 Å². The number of hydrogen-bond donors (Lipinski definition) is 1. The van der Waals surface area contributed by atoms with E-state index in [1.54, 1.807) is 25.3 Å². The fraction of sp³-hybridized carbons (Fsp3) is 0.182. The average Bonchev–Trinajstić information content (AvgIpc) is 2.79. The molecule has 1 atom stereocenters. The van der Waals surface area contributed by atoms with Crippen molar-refractivity contribution in [3.8, 4) is 5.75 Å². The van der Waals surface area contributed by atoms with Gasteiger partial charge in [-0.15, -0.1) is 5.48 Å². The predicted octanol–water partition coefficient (Wildman–Crippen LogP) is 1.14. The number of nitrogens with one attached hydrogen (secondary N) is 1. The second-order valence-electron chi connectivity index (χ2n) is 3.24. The lowest BCUT2D eigenvalue weighted by Crippen LogP contribution is -2.37. The molecular formula is C11H11NO3. The van der Waals surface area contributed by atoms with Gasteiger partial charge in [0.1, 0.15) is 12.0 Å². The highest BCUT2D eigenvalue weighted by Gasteiger charge is 2.33. The molecule has 0 saturated heterocycles. The number of carbonyl (C=O) groups excluding carboxylic acids is 1. The maximum absolute atomic E-state index is 11.1. The maximum atomic E-state index is 11.1. The van der Waals surface area contributed by atoms with E-state index in [1.165, 1.54) is 6.26 Å². The van der Waals surface area contributed by atoms with Gasteiger partial charge < -0.3 is 14.4 Å². The highest BCUT2D eigenvalue weighted by Crippen LogP contribution is 2.25. The Bertz CT molecular complexity index is 385. The third-order valence-corrected chi connectivity index (χ3v) is 2.38. The van der Waals surface area contributed by atoms with E-state index in [2.05, 4.69) is 5.48 Å². The standard InChI is InChI=1S/C11H11NO3/c1-14-10-4-2-9(3-5-10)11(8-13)6-7-15-12-11/h2-8,12H,1H3. The molecule has 0 saturated carbocycles. The molecule has 0 aliphatic carbocycles. The van der Waals surface area contributed by atoms with Crippen molar-refractivity contribution >= 4 is 6.29 Å². The van der Waals surface area contributed by atoms with Gasteiger partial charge in [0.05, 0.1) is 7.11 Å². The number of methoxy groups -OCH3 is 1. The van der Waals surface area contributed by atoms with Crippen LogP contribution in [0.3, 0.4) is 0 Å². The molecule has 4 nitrogen and oxygen atoms in total. The third kappa shape index (κ3) is 1.59. The molecule has 1 aromatic carbocycles. The van der Waals surface area contributed by atoms with Crippen LogP contribution in [0.4, 0.5) is 0 Å². The van der Waals surface area contributed by atoms with E-state index in [0.29, 0.717) is 0 Å². The van der Waals surface area contributed by atoms with E-state index < -0.39 is 5.54 Å². The quantitative estimate of drug-likeness (QED) is 0.752. The molecule has 1 aromatic rings. The summed E-state index contributed by atoms with van der Waals surface area (Å²) in [5.41, 5.74) is 2.60. The van der Waals surface area contributed by atoms with Crippen LogP contribution in [-0.4, -0.2) is 13.4 Å². The number of rotatable bonds is 3. The van der Waals surface area contributed by atoms with Crippen LogP contribution in [0.15, 0.2) is 36.6 Å². The second-order valence-corrected chi connectivity index (χ2v) is 3.24. The lowest BCUT2D eigenvalue weighted by Gasteiger charge is -2.19.